The number of nitrogens with zero attached hydrogens (tertiary/aromatic N) is 1. The summed E-state index contributed by atoms with van der Waals surface area (Å²) in [6.07, 6.45) is 0.616. The van der Waals surface area contributed by atoms with Gasteiger partial charge in [0.2, 0.25) is 0 Å². The van der Waals surface area contributed by atoms with Crippen LogP contribution >= 0.6 is 0 Å². The predicted octanol–water partition coefficient (Wildman–Crippen LogP) is 2.65. The number of aliphatic hydroxyl groups is 1. The van der Waals surface area contributed by atoms with Crippen LogP contribution in [0.25, 0.3) is 0 Å². The molecule has 0 saturated carbocycles. The summed E-state index contributed by atoms with van der Waals surface area (Å²) in [5, 5.41) is 10.3. The number of methoxy groups -OCH3 is 2. The van der Waals surface area contributed by atoms with E-state index in [-0.39, 0.29) is 17.3 Å². The van der Waals surface area contributed by atoms with Gasteiger partial charge in [0.25, 0.3) is 5.91 Å². The summed E-state index contributed by atoms with van der Waals surface area (Å²) >= 11 is 0. The molecule has 25 heavy (non-hydrogen) atoms. The van der Waals surface area contributed by atoms with Crippen LogP contribution in [0, 0.1) is 5.92 Å². The van der Waals surface area contributed by atoms with Gasteiger partial charge < -0.3 is 19.5 Å². The van der Waals surface area contributed by atoms with E-state index in [0.29, 0.717) is 25.3 Å². The Hall–Kier alpha value is -2.34. The number of carbonyl (C=O) groups excluding carboxylic acids is 2. The van der Waals surface area contributed by atoms with E-state index in [2.05, 4.69) is 0 Å². The molecule has 0 saturated heterocycles. The van der Waals surface area contributed by atoms with Gasteiger partial charge in [0, 0.05) is 26.2 Å². The first-order chi connectivity index (χ1) is 11.9. The molecule has 136 valence electrons. The third kappa shape index (κ3) is 3.85. The molecule has 1 atom stereocenters. The Morgan fingerprint density at radius 1 is 1.24 bits per heavy atom. The van der Waals surface area contributed by atoms with Gasteiger partial charge in [-0.15, -0.1) is 0 Å². The first-order valence-corrected chi connectivity index (χ1v) is 8.33. The molecule has 1 aromatic rings. The van der Waals surface area contributed by atoms with Crippen LogP contribution in [0.4, 0.5) is 0 Å². The SMILES string of the molecule is COCCCN1C(=O)C(O)=C(C(=O)C(C)C)C1c1ccc(OC)cc1. The maximum absolute atomic E-state index is 12.6. The first-order valence-electron chi connectivity index (χ1n) is 8.33. The van der Waals surface area contributed by atoms with Crippen molar-refractivity contribution in [3.8, 4) is 5.75 Å². The van der Waals surface area contributed by atoms with Gasteiger partial charge in [-0.25, -0.2) is 0 Å². The molecule has 6 heteroatoms. The first kappa shape index (κ1) is 19.0. The highest BCUT2D eigenvalue weighted by atomic mass is 16.5. The Bertz CT molecular complexity index is 663. The number of hydrogen-bond donors (Lipinski definition) is 1. The third-order valence-corrected chi connectivity index (χ3v) is 4.27. The standard InChI is InChI=1S/C19H25NO5/c1-12(2)17(21)15-16(13-6-8-14(25-4)9-7-13)20(10-5-11-24-3)19(23)18(15)22/h6-9,12,16,22H,5,10-11H2,1-4H3. The minimum atomic E-state index is -0.592. The van der Waals surface area contributed by atoms with Crippen LogP contribution in [-0.2, 0) is 14.3 Å². The van der Waals surface area contributed by atoms with Crippen LogP contribution in [-0.4, -0.2) is 49.1 Å². The monoisotopic (exact) mass is 347 g/mol. The van der Waals surface area contributed by atoms with Crippen molar-refractivity contribution in [2.75, 3.05) is 27.4 Å². The van der Waals surface area contributed by atoms with Crippen LogP contribution in [0.3, 0.4) is 0 Å². The molecule has 1 amide bonds. The minimum absolute atomic E-state index is 0.169. The summed E-state index contributed by atoms with van der Waals surface area (Å²) in [6.45, 7) is 4.40. The number of Topliss-reactive ketones (excluding diaryl/α,β-unsaturated/α-hetero) is 1. The van der Waals surface area contributed by atoms with Gasteiger partial charge in [-0.1, -0.05) is 26.0 Å². The highest BCUT2D eigenvalue weighted by molar-refractivity contribution is 6.09. The smallest absolute Gasteiger partial charge is 0.290 e. The Labute approximate surface area is 148 Å². The molecular formula is C19H25NO5. The molecule has 1 aliphatic heterocycles. The van der Waals surface area contributed by atoms with E-state index < -0.39 is 17.7 Å². The van der Waals surface area contributed by atoms with Crippen molar-refractivity contribution >= 4 is 11.7 Å². The van der Waals surface area contributed by atoms with Crippen molar-refractivity contribution in [2.45, 2.75) is 26.3 Å². The van der Waals surface area contributed by atoms with E-state index in [1.807, 2.05) is 12.1 Å². The normalized spacial score (nSPS) is 17.6. The van der Waals surface area contributed by atoms with E-state index in [4.69, 9.17) is 9.47 Å². The second-order valence-electron chi connectivity index (χ2n) is 6.30. The van der Waals surface area contributed by atoms with Crippen LogP contribution in [0.1, 0.15) is 31.9 Å². The maximum Gasteiger partial charge on any atom is 0.290 e. The fourth-order valence-electron chi connectivity index (χ4n) is 2.96. The van der Waals surface area contributed by atoms with Crippen LogP contribution < -0.4 is 4.74 Å². The van der Waals surface area contributed by atoms with E-state index >= 15 is 0 Å². The van der Waals surface area contributed by atoms with Crippen LogP contribution in [0.5, 0.6) is 5.75 Å². The molecule has 6 nitrogen and oxygen atoms in total. The van der Waals surface area contributed by atoms with Gasteiger partial charge in [-0.05, 0) is 24.1 Å². The average molecular weight is 347 g/mol. The number of carbonyl (C=O) groups is 2. The fourth-order valence-corrected chi connectivity index (χ4v) is 2.96. The molecule has 1 aromatic carbocycles. The van der Waals surface area contributed by atoms with E-state index in [0.717, 1.165) is 5.56 Å². The topological polar surface area (TPSA) is 76.1 Å². The molecule has 0 radical (unpaired) electrons. The Morgan fingerprint density at radius 2 is 1.88 bits per heavy atom. The van der Waals surface area contributed by atoms with E-state index in [1.54, 1.807) is 40.2 Å². The lowest BCUT2D eigenvalue weighted by molar-refractivity contribution is -0.129. The molecule has 2 rings (SSSR count). The van der Waals surface area contributed by atoms with Gasteiger partial charge in [0.05, 0.1) is 18.7 Å². The Balaban J connectivity index is 2.43. The van der Waals surface area contributed by atoms with E-state index in [1.165, 1.54) is 4.90 Å². The Kier molecular flexibility index (Phi) is 6.20. The zero-order valence-electron chi connectivity index (χ0n) is 15.1. The summed E-state index contributed by atoms with van der Waals surface area (Å²) in [5.74, 6) is -0.813. The molecule has 1 unspecified atom stereocenters. The summed E-state index contributed by atoms with van der Waals surface area (Å²) in [4.78, 5) is 26.7. The van der Waals surface area contributed by atoms with Gasteiger partial charge >= 0.3 is 0 Å². The fraction of sp³-hybridized carbons (Fsp3) is 0.474. The Morgan fingerprint density at radius 3 is 2.40 bits per heavy atom. The molecule has 1 heterocycles. The van der Waals surface area contributed by atoms with Gasteiger partial charge in [-0.3, -0.25) is 9.59 Å². The molecular weight excluding hydrogens is 322 g/mol. The second kappa shape index (κ2) is 8.16. The highest BCUT2D eigenvalue weighted by Gasteiger charge is 2.43. The number of ketones is 1. The highest BCUT2D eigenvalue weighted by Crippen LogP contribution is 2.39. The number of benzene rings is 1. The molecule has 1 aliphatic rings. The van der Waals surface area contributed by atoms with Crippen molar-refractivity contribution in [1.29, 1.82) is 0 Å². The quantitative estimate of drug-likeness (QED) is 0.732. The zero-order valence-corrected chi connectivity index (χ0v) is 15.1. The predicted molar refractivity (Wildman–Crippen MR) is 93.4 cm³/mol. The molecule has 0 spiro atoms. The van der Waals surface area contributed by atoms with Crippen LogP contribution in [0.15, 0.2) is 35.6 Å². The summed E-state index contributed by atoms with van der Waals surface area (Å²) in [7, 11) is 3.17. The van der Waals surface area contributed by atoms with Crippen molar-refractivity contribution in [3.63, 3.8) is 0 Å². The molecule has 0 fully saturated rings. The molecule has 0 aromatic heterocycles. The molecule has 0 aliphatic carbocycles. The lowest BCUT2D eigenvalue weighted by atomic mass is 9.91. The summed E-state index contributed by atoms with van der Waals surface area (Å²) in [6, 6.07) is 6.59. The van der Waals surface area contributed by atoms with Crippen molar-refractivity contribution in [1.82, 2.24) is 4.90 Å². The van der Waals surface area contributed by atoms with Crippen molar-refractivity contribution < 1.29 is 24.2 Å². The van der Waals surface area contributed by atoms with Crippen LogP contribution in [0.2, 0.25) is 0 Å². The summed E-state index contributed by atoms with van der Waals surface area (Å²) in [5.41, 5.74) is 0.933. The van der Waals surface area contributed by atoms with Gasteiger partial charge in [0.15, 0.2) is 11.5 Å². The number of hydrogen-bond acceptors (Lipinski definition) is 5. The maximum atomic E-state index is 12.6. The van der Waals surface area contributed by atoms with Crippen molar-refractivity contribution in [3.05, 3.63) is 41.2 Å². The molecule has 1 N–H and O–H groups in total. The number of amides is 1. The number of rotatable bonds is 8. The second-order valence-corrected chi connectivity index (χ2v) is 6.30. The largest absolute Gasteiger partial charge is 0.503 e. The third-order valence-electron chi connectivity index (χ3n) is 4.27. The van der Waals surface area contributed by atoms with Gasteiger partial charge in [-0.2, -0.15) is 0 Å². The summed E-state index contributed by atoms with van der Waals surface area (Å²) < 4.78 is 10.2. The van der Waals surface area contributed by atoms with Gasteiger partial charge in [0.1, 0.15) is 5.75 Å². The molecule has 0 bridgehead atoms. The van der Waals surface area contributed by atoms with E-state index in [9.17, 15) is 14.7 Å². The lowest BCUT2D eigenvalue weighted by Gasteiger charge is -2.27. The number of ether oxygens (including phenoxy) is 2. The zero-order chi connectivity index (χ0) is 18.6. The lowest BCUT2D eigenvalue weighted by Crippen LogP contribution is -2.33. The minimum Gasteiger partial charge on any atom is -0.503 e. The average Bonchev–Trinajstić information content (AvgIpc) is 2.86. The number of aliphatic hydroxyl groups excluding tert-OH is 1. The van der Waals surface area contributed by atoms with Crippen molar-refractivity contribution in [2.24, 2.45) is 5.92 Å².